The lowest BCUT2D eigenvalue weighted by Gasteiger charge is -2.35. The molecule has 2 aromatic rings. The van der Waals surface area contributed by atoms with Crippen LogP contribution in [-0.4, -0.2) is 10.9 Å². The van der Waals surface area contributed by atoms with E-state index in [4.69, 9.17) is 16.3 Å². The van der Waals surface area contributed by atoms with Gasteiger partial charge in [-0.05, 0) is 42.8 Å². The fraction of sp³-hybridized carbons (Fsp3) is 0.188. The molecule has 1 atom stereocenters. The molecule has 0 fully saturated rings. The Balaban J connectivity index is 2.04. The number of phenolic OH excluding ortho intramolecular Hbond substituents is 1. The second-order valence-electron chi connectivity index (χ2n) is 5.12. The van der Waals surface area contributed by atoms with Crippen molar-refractivity contribution in [2.45, 2.75) is 18.9 Å². The molecule has 3 rings (SSSR count). The fourth-order valence-corrected chi connectivity index (χ4v) is 2.59. The summed E-state index contributed by atoms with van der Waals surface area (Å²) in [6, 6.07) is 11.9. The first-order chi connectivity index (χ1) is 9.48. The normalized spacial score (nSPS) is 21.2. The number of carbonyl (C=O) groups is 1. The molecular weight excluding hydrogens is 276 g/mol. The third kappa shape index (κ3) is 2.14. The summed E-state index contributed by atoms with van der Waals surface area (Å²) in [5.41, 5.74) is 0.608. The molecular formula is C16H13ClO3. The first kappa shape index (κ1) is 13.0. The smallest absolute Gasteiger partial charge is 0.171 e. The number of halogens is 1. The predicted octanol–water partition coefficient (Wildman–Crippen LogP) is 3.93. The summed E-state index contributed by atoms with van der Waals surface area (Å²) in [5.74, 6) is 0.520. The van der Waals surface area contributed by atoms with Crippen molar-refractivity contribution in [3.8, 4) is 11.5 Å². The Morgan fingerprint density at radius 1 is 1.20 bits per heavy atom. The Kier molecular flexibility index (Phi) is 2.94. The molecule has 20 heavy (non-hydrogen) atoms. The summed E-state index contributed by atoms with van der Waals surface area (Å²) in [6.07, 6.45) is 0.227. The molecule has 102 valence electrons. The van der Waals surface area contributed by atoms with Gasteiger partial charge in [0.1, 0.15) is 17.1 Å². The van der Waals surface area contributed by atoms with E-state index >= 15 is 0 Å². The maximum atomic E-state index is 12.3. The topological polar surface area (TPSA) is 46.5 Å². The van der Waals surface area contributed by atoms with Crippen LogP contribution in [0, 0.1) is 0 Å². The number of Topliss-reactive ketones (excluding diaryl/α,β-unsaturated/α-hetero) is 1. The Bertz CT molecular complexity index is 679. The van der Waals surface area contributed by atoms with Crippen LogP contribution >= 0.6 is 11.6 Å². The highest BCUT2D eigenvalue weighted by molar-refractivity contribution is 6.30. The molecule has 0 bridgehead atoms. The Labute approximate surface area is 121 Å². The minimum Gasteiger partial charge on any atom is -0.508 e. The second kappa shape index (κ2) is 4.53. The lowest BCUT2D eigenvalue weighted by Crippen LogP contribution is -2.36. The van der Waals surface area contributed by atoms with Gasteiger partial charge in [-0.1, -0.05) is 23.7 Å². The van der Waals surface area contributed by atoms with Crippen LogP contribution in [-0.2, 0) is 5.60 Å². The van der Waals surface area contributed by atoms with Crippen LogP contribution < -0.4 is 4.74 Å². The van der Waals surface area contributed by atoms with Crippen LogP contribution in [0.2, 0.25) is 5.02 Å². The molecule has 1 aliphatic heterocycles. The van der Waals surface area contributed by atoms with Crippen molar-refractivity contribution in [1.29, 1.82) is 0 Å². The standard InChI is InChI=1S/C16H13ClO3/c1-16(10-2-4-11(17)5-3-10)9-14(19)13-8-12(18)6-7-15(13)20-16/h2-8,18H,9H2,1H3/t16-/m1/s1. The zero-order valence-electron chi connectivity index (χ0n) is 10.9. The summed E-state index contributed by atoms with van der Waals surface area (Å²) in [6.45, 7) is 1.88. The predicted molar refractivity (Wildman–Crippen MR) is 76.5 cm³/mol. The second-order valence-corrected chi connectivity index (χ2v) is 5.56. The molecule has 1 heterocycles. The average Bonchev–Trinajstić information content (AvgIpc) is 2.40. The number of hydrogen-bond acceptors (Lipinski definition) is 3. The van der Waals surface area contributed by atoms with E-state index in [9.17, 15) is 9.90 Å². The van der Waals surface area contributed by atoms with Gasteiger partial charge in [0, 0.05) is 5.02 Å². The van der Waals surface area contributed by atoms with Crippen molar-refractivity contribution in [3.63, 3.8) is 0 Å². The van der Waals surface area contributed by atoms with Gasteiger partial charge in [0.25, 0.3) is 0 Å². The lowest BCUT2D eigenvalue weighted by molar-refractivity contribution is 0.0502. The average molecular weight is 289 g/mol. The number of ketones is 1. The summed E-state index contributed by atoms with van der Waals surface area (Å²) >= 11 is 5.89. The molecule has 1 N–H and O–H groups in total. The number of benzene rings is 2. The van der Waals surface area contributed by atoms with Gasteiger partial charge in [-0.2, -0.15) is 0 Å². The quantitative estimate of drug-likeness (QED) is 0.865. The number of rotatable bonds is 1. The largest absolute Gasteiger partial charge is 0.508 e. The van der Waals surface area contributed by atoms with Crippen LogP contribution in [0.25, 0.3) is 0 Å². The van der Waals surface area contributed by atoms with Gasteiger partial charge in [0.05, 0.1) is 12.0 Å². The minimum absolute atomic E-state index is 0.0420. The van der Waals surface area contributed by atoms with Crippen LogP contribution in [0.3, 0.4) is 0 Å². The molecule has 0 aromatic heterocycles. The van der Waals surface area contributed by atoms with E-state index in [0.29, 0.717) is 16.3 Å². The maximum absolute atomic E-state index is 12.3. The Morgan fingerprint density at radius 3 is 2.60 bits per heavy atom. The van der Waals surface area contributed by atoms with E-state index < -0.39 is 5.60 Å². The third-order valence-electron chi connectivity index (χ3n) is 3.55. The first-order valence-electron chi connectivity index (χ1n) is 6.29. The number of hydrogen-bond donors (Lipinski definition) is 1. The van der Waals surface area contributed by atoms with Gasteiger partial charge in [0.15, 0.2) is 5.78 Å². The number of fused-ring (bicyclic) bond motifs is 1. The zero-order valence-corrected chi connectivity index (χ0v) is 11.6. The molecule has 0 spiro atoms. The Morgan fingerprint density at radius 2 is 1.90 bits per heavy atom. The lowest BCUT2D eigenvalue weighted by atomic mass is 9.85. The maximum Gasteiger partial charge on any atom is 0.171 e. The van der Waals surface area contributed by atoms with Gasteiger partial charge >= 0.3 is 0 Å². The van der Waals surface area contributed by atoms with Crippen LogP contribution in [0.5, 0.6) is 11.5 Å². The highest BCUT2D eigenvalue weighted by atomic mass is 35.5. The van der Waals surface area contributed by atoms with Crippen molar-refractivity contribution in [1.82, 2.24) is 0 Å². The number of carbonyl (C=O) groups excluding carboxylic acids is 1. The van der Waals surface area contributed by atoms with E-state index in [1.165, 1.54) is 12.1 Å². The molecule has 3 nitrogen and oxygen atoms in total. The van der Waals surface area contributed by atoms with Crippen LogP contribution in [0.15, 0.2) is 42.5 Å². The molecule has 0 aliphatic carbocycles. The van der Waals surface area contributed by atoms with E-state index in [1.54, 1.807) is 18.2 Å². The molecule has 0 saturated carbocycles. The van der Waals surface area contributed by atoms with Crippen molar-refractivity contribution in [3.05, 3.63) is 58.6 Å². The third-order valence-corrected chi connectivity index (χ3v) is 3.80. The Hall–Kier alpha value is -2.00. The first-order valence-corrected chi connectivity index (χ1v) is 6.67. The number of ether oxygens (including phenoxy) is 1. The van der Waals surface area contributed by atoms with E-state index in [1.807, 2.05) is 19.1 Å². The van der Waals surface area contributed by atoms with Gasteiger partial charge < -0.3 is 9.84 Å². The zero-order chi connectivity index (χ0) is 14.3. The van der Waals surface area contributed by atoms with E-state index in [-0.39, 0.29) is 18.0 Å². The molecule has 1 aliphatic rings. The van der Waals surface area contributed by atoms with Crippen molar-refractivity contribution >= 4 is 17.4 Å². The van der Waals surface area contributed by atoms with Gasteiger partial charge in [-0.15, -0.1) is 0 Å². The van der Waals surface area contributed by atoms with Gasteiger partial charge in [-0.3, -0.25) is 4.79 Å². The minimum atomic E-state index is -0.717. The van der Waals surface area contributed by atoms with E-state index in [0.717, 1.165) is 5.56 Å². The molecule has 0 unspecified atom stereocenters. The van der Waals surface area contributed by atoms with Crippen LogP contribution in [0.1, 0.15) is 29.3 Å². The summed E-state index contributed by atoms with van der Waals surface area (Å²) in [5, 5.41) is 10.1. The molecule has 0 radical (unpaired) electrons. The SMILES string of the molecule is C[C@]1(c2ccc(Cl)cc2)CC(=O)c2cc(O)ccc2O1. The monoisotopic (exact) mass is 288 g/mol. The summed E-state index contributed by atoms with van der Waals surface area (Å²) < 4.78 is 6.00. The summed E-state index contributed by atoms with van der Waals surface area (Å²) in [4.78, 5) is 12.3. The number of aromatic hydroxyl groups is 1. The van der Waals surface area contributed by atoms with Crippen molar-refractivity contribution < 1.29 is 14.6 Å². The van der Waals surface area contributed by atoms with E-state index in [2.05, 4.69) is 0 Å². The summed E-state index contributed by atoms with van der Waals surface area (Å²) in [7, 11) is 0. The van der Waals surface area contributed by atoms with Crippen molar-refractivity contribution in [2.75, 3.05) is 0 Å². The van der Waals surface area contributed by atoms with Crippen LogP contribution in [0.4, 0.5) is 0 Å². The molecule has 4 heteroatoms. The highest BCUT2D eigenvalue weighted by Crippen LogP contribution is 2.40. The van der Waals surface area contributed by atoms with Gasteiger partial charge in [-0.25, -0.2) is 0 Å². The fourth-order valence-electron chi connectivity index (χ4n) is 2.47. The molecule has 2 aromatic carbocycles. The number of phenols is 1. The highest BCUT2D eigenvalue weighted by Gasteiger charge is 2.38. The van der Waals surface area contributed by atoms with Gasteiger partial charge in [0.2, 0.25) is 0 Å². The molecule has 0 amide bonds. The van der Waals surface area contributed by atoms with Crippen molar-refractivity contribution in [2.24, 2.45) is 0 Å². The molecule has 0 saturated heterocycles.